The van der Waals surface area contributed by atoms with Crippen molar-refractivity contribution in [2.45, 2.75) is 70.5 Å². The molecular formula is C22H34N6. The minimum absolute atomic E-state index is 0.477. The molecule has 1 unspecified atom stereocenters. The topological polar surface area (TPSA) is 57.0 Å². The SMILES string of the molecule is CN=C(NCc1cn2c(C)cccc2n1)NC1CCCN(C2CCCCC2)C1. The minimum Gasteiger partial charge on any atom is -0.352 e. The lowest BCUT2D eigenvalue weighted by molar-refractivity contribution is 0.115. The molecule has 1 saturated carbocycles. The van der Waals surface area contributed by atoms with Crippen LogP contribution >= 0.6 is 0 Å². The van der Waals surface area contributed by atoms with Crippen LogP contribution in [0.15, 0.2) is 29.4 Å². The zero-order valence-corrected chi connectivity index (χ0v) is 17.3. The number of likely N-dealkylation sites (tertiary alicyclic amines) is 1. The molecule has 4 rings (SSSR count). The summed E-state index contributed by atoms with van der Waals surface area (Å²) in [5.41, 5.74) is 3.23. The summed E-state index contributed by atoms with van der Waals surface area (Å²) >= 11 is 0. The third kappa shape index (κ3) is 4.49. The molecule has 152 valence electrons. The first-order chi connectivity index (χ1) is 13.7. The fraction of sp³-hybridized carbons (Fsp3) is 0.636. The molecule has 3 heterocycles. The predicted molar refractivity (Wildman–Crippen MR) is 115 cm³/mol. The third-order valence-corrected chi connectivity index (χ3v) is 6.29. The number of hydrogen-bond acceptors (Lipinski definition) is 3. The molecular weight excluding hydrogens is 348 g/mol. The predicted octanol–water partition coefficient (Wildman–Crippen LogP) is 3.10. The zero-order chi connectivity index (χ0) is 19.3. The Labute approximate surface area is 168 Å². The van der Waals surface area contributed by atoms with Crippen molar-refractivity contribution in [1.29, 1.82) is 0 Å². The van der Waals surface area contributed by atoms with Crippen LogP contribution in [0.1, 0.15) is 56.3 Å². The first kappa shape index (κ1) is 19.2. The Kier molecular flexibility index (Phi) is 6.15. The second kappa shape index (κ2) is 8.95. The number of fused-ring (bicyclic) bond motifs is 1. The van der Waals surface area contributed by atoms with Gasteiger partial charge in [-0.3, -0.25) is 9.89 Å². The lowest BCUT2D eigenvalue weighted by atomic mass is 9.92. The summed E-state index contributed by atoms with van der Waals surface area (Å²) in [6, 6.07) is 7.48. The van der Waals surface area contributed by atoms with Crippen LogP contribution in [0.3, 0.4) is 0 Å². The van der Waals surface area contributed by atoms with Gasteiger partial charge in [-0.25, -0.2) is 4.98 Å². The van der Waals surface area contributed by atoms with E-state index in [-0.39, 0.29) is 0 Å². The molecule has 2 N–H and O–H groups in total. The highest BCUT2D eigenvalue weighted by atomic mass is 15.2. The van der Waals surface area contributed by atoms with Crippen molar-refractivity contribution >= 4 is 11.6 Å². The number of nitrogens with zero attached hydrogens (tertiary/aromatic N) is 4. The van der Waals surface area contributed by atoms with Crippen LogP contribution in [-0.4, -0.2) is 52.5 Å². The maximum atomic E-state index is 4.71. The largest absolute Gasteiger partial charge is 0.352 e. The molecule has 1 aliphatic carbocycles. The Morgan fingerprint density at radius 2 is 2.04 bits per heavy atom. The van der Waals surface area contributed by atoms with Crippen molar-refractivity contribution in [3.8, 4) is 0 Å². The molecule has 0 aromatic carbocycles. The van der Waals surface area contributed by atoms with Gasteiger partial charge in [0.2, 0.25) is 0 Å². The van der Waals surface area contributed by atoms with Gasteiger partial charge in [0.05, 0.1) is 12.2 Å². The Hall–Kier alpha value is -2.08. The van der Waals surface area contributed by atoms with Gasteiger partial charge in [-0.1, -0.05) is 25.3 Å². The number of piperidine rings is 1. The monoisotopic (exact) mass is 382 g/mol. The van der Waals surface area contributed by atoms with Crippen LogP contribution in [0.25, 0.3) is 5.65 Å². The average Bonchev–Trinajstić information content (AvgIpc) is 3.16. The number of aryl methyl sites for hydroxylation is 1. The van der Waals surface area contributed by atoms with E-state index in [1.165, 1.54) is 57.2 Å². The van der Waals surface area contributed by atoms with Crippen LogP contribution < -0.4 is 10.6 Å². The van der Waals surface area contributed by atoms with E-state index in [0.717, 1.165) is 29.9 Å². The van der Waals surface area contributed by atoms with E-state index in [1.807, 2.05) is 13.1 Å². The number of aromatic nitrogens is 2. The Bertz CT molecular complexity index is 804. The second-order valence-electron chi connectivity index (χ2n) is 8.32. The molecule has 28 heavy (non-hydrogen) atoms. The standard InChI is InChI=1S/C22H34N6/c1-17-8-6-12-21-25-19(16-28(17)21)14-24-22(23-2)26-18-9-7-13-27(15-18)20-10-4-3-5-11-20/h6,8,12,16,18,20H,3-5,7,9-11,13-15H2,1-2H3,(H2,23,24,26). The van der Waals surface area contributed by atoms with Crippen LogP contribution in [0.2, 0.25) is 0 Å². The van der Waals surface area contributed by atoms with Gasteiger partial charge in [0.15, 0.2) is 5.96 Å². The van der Waals surface area contributed by atoms with E-state index < -0.39 is 0 Å². The van der Waals surface area contributed by atoms with Crippen LogP contribution in [-0.2, 0) is 6.54 Å². The highest BCUT2D eigenvalue weighted by molar-refractivity contribution is 5.79. The van der Waals surface area contributed by atoms with Crippen molar-refractivity contribution in [3.05, 3.63) is 35.8 Å². The summed E-state index contributed by atoms with van der Waals surface area (Å²) in [5, 5.41) is 7.11. The summed E-state index contributed by atoms with van der Waals surface area (Å²) in [4.78, 5) is 11.9. The number of rotatable bonds is 4. The van der Waals surface area contributed by atoms with Crippen LogP contribution in [0, 0.1) is 6.92 Å². The highest BCUT2D eigenvalue weighted by Crippen LogP contribution is 2.25. The number of pyridine rings is 1. The average molecular weight is 383 g/mol. The summed E-state index contributed by atoms with van der Waals surface area (Å²) in [7, 11) is 1.85. The number of imidazole rings is 1. The maximum Gasteiger partial charge on any atom is 0.191 e. The van der Waals surface area contributed by atoms with Gasteiger partial charge in [-0.2, -0.15) is 0 Å². The summed E-state index contributed by atoms with van der Waals surface area (Å²) in [5.74, 6) is 0.879. The summed E-state index contributed by atoms with van der Waals surface area (Å²) in [6.45, 7) is 5.18. The van der Waals surface area contributed by atoms with Gasteiger partial charge in [0.25, 0.3) is 0 Å². The minimum atomic E-state index is 0.477. The molecule has 0 radical (unpaired) electrons. The smallest absolute Gasteiger partial charge is 0.191 e. The third-order valence-electron chi connectivity index (χ3n) is 6.29. The highest BCUT2D eigenvalue weighted by Gasteiger charge is 2.27. The Balaban J connectivity index is 1.31. The van der Waals surface area contributed by atoms with Crippen molar-refractivity contribution in [3.63, 3.8) is 0 Å². The molecule has 6 heteroatoms. The van der Waals surface area contributed by atoms with E-state index in [4.69, 9.17) is 4.98 Å². The molecule has 1 aliphatic heterocycles. The summed E-state index contributed by atoms with van der Waals surface area (Å²) < 4.78 is 2.14. The Morgan fingerprint density at radius 3 is 2.82 bits per heavy atom. The lowest BCUT2D eigenvalue weighted by Crippen LogP contribution is -2.53. The molecule has 6 nitrogen and oxygen atoms in total. The van der Waals surface area contributed by atoms with E-state index in [0.29, 0.717) is 12.6 Å². The molecule has 0 bridgehead atoms. The fourth-order valence-electron chi connectivity index (χ4n) is 4.75. The second-order valence-corrected chi connectivity index (χ2v) is 8.32. The van der Waals surface area contributed by atoms with Gasteiger partial charge in [-0.05, 0) is 51.3 Å². The first-order valence-electron chi connectivity index (χ1n) is 10.9. The molecule has 0 spiro atoms. The number of guanidine groups is 1. The fourth-order valence-corrected chi connectivity index (χ4v) is 4.75. The van der Waals surface area contributed by atoms with E-state index >= 15 is 0 Å². The van der Waals surface area contributed by atoms with Gasteiger partial charge < -0.3 is 15.0 Å². The van der Waals surface area contributed by atoms with E-state index in [1.54, 1.807) is 0 Å². The summed E-state index contributed by atoms with van der Waals surface area (Å²) in [6.07, 6.45) is 11.6. The first-order valence-corrected chi connectivity index (χ1v) is 10.9. The molecule has 2 fully saturated rings. The number of hydrogen-bond donors (Lipinski definition) is 2. The van der Waals surface area contributed by atoms with Crippen LogP contribution in [0.4, 0.5) is 0 Å². The normalized spacial score (nSPS) is 22.5. The van der Waals surface area contributed by atoms with Crippen molar-refractivity contribution in [2.24, 2.45) is 4.99 Å². The van der Waals surface area contributed by atoms with Crippen molar-refractivity contribution in [2.75, 3.05) is 20.1 Å². The zero-order valence-electron chi connectivity index (χ0n) is 17.3. The Morgan fingerprint density at radius 1 is 1.18 bits per heavy atom. The van der Waals surface area contributed by atoms with Crippen LogP contribution in [0.5, 0.6) is 0 Å². The molecule has 2 aromatic rings. The van der Waals surface area contributed by atoms with Gasteiger partial charge in [0.1, 0.15) is 5.65 Å². The van der Waals surface area contributed by atoms with Gasteiger partial charge in [0, 0.05) is 37.6 Å². The number of aliphatic imine (C=N–C) groups is 1. The molecule has 1 atom stereocenters. The van der Waals surface area contributed by atoms with E-state index in [9.17, 15) is 0 Å². The lowest BCUT2D eigenvalue weighted by Gasteiger charge is -2.40. The van der Waals surface area contributed by atoms with Gasteiger partial charge in [-0.15, -0.1) is 0 Å². The molecule has 2 aliphatic rings. The van der Waals surface area contributed by atoms with Gasteiger partial charge >= 0.3 is 0 Å². The molecule has 2 aromatic heterocycles. The van der Waals surface area contributed by atoms with E-state index in [2.05, 4.69) is 50.2 Å². The molecule has 0 amide bonds. The quantitative estimate of drug-likeness (QED) is 0.630. The number of nitrogens with one attached hydrogen (secondary N) is 2. The van der Waals surface area contributed by atoms with Crippen molar-refractivity contribution in [1.82, 2.24) is 24.9 Å². The maximum absolute atomic E-state index is 4.71. The molecule has 1 saturated heterocycles. The van der Waals surface area contributed by atoms with Crippen molar-refractivity contribution < 1.29 is 0 Å².